The Labute approximate surface area is 74.7 Å². The molecule has 0 radical (unpaired) electrons. The van der Waals surface area contributed by atoms with Crippen molar-refractivity contribution in [3.05, 3.63) is 12.4 Å². The summed E-state index contributed by atoms with van der Waals surface area (Å²) >= 11 is 0. The lowest BCUT2D eigenvalue weighted by Gasteiger charge is -2.24. The zero-order chi connectivity index (χ0) is 9.26. The van der Waals surface area contributed by atoms with E-state index in [-0.39, 0.29) is 18.1 Å². The average molecular weight is 179 g/mol. The van der Waals surface area contributed by atoms with Gasteiger partial charge in [0.15, 0.2) is 0 Å². The van der Waals surface area contributed by atoms with E-state index in [1.807, 2.05) is 0 Å². The maximum absolute atomic E-state index is 11.4. The SMILES string of the molecule is O=C1CCN(c2cn[nH]c2)C(=O)C1. The molecule has 1 aromatic rings. The van der Waals surface area contributed by atoms with E-state index in [9.17, 15) is 9.59 Å². The van der Waals surface area contributed by atoms with Crippen LogP contribution in [-0.4, -0.2) is 28.4 Å². The van der Waals surface area contributed by atoms with Crippen LogP contribution in [0.15, 0.2) is 12.4 Å². The molecule has 1 saturated heterocycles. The molecule has 0 saturated carbocycles. The topological polar surface area (TPSA) is 66.1 Å². The van der Waals surface area contributed by atoms with Crippen LogP contribution in [-0.2, 0) is 9.59 Å². The van der Waals surface area contributed by atoms with Crippen LogP contribution < -0.4 is 4.90 Å². The zero-order valence-electron chi connectivity index (χ0n) is 6.99. The molecule has 5 nitrogen and oxygen atoms in total. The minimum absolute atomic E-state index is 0.0183. The molecular weight excluding hydrogens is 170 g/mol. The zero-order valence-corrected chi connectivity index (χ0v) is 6.99. The number of anilines is 1. The number of nitrogens with one attached hydrogen (secondary N) is 1. The summed E-state index contributed by atoms with van der Waals surface area (Å²) < 4.78 is 0. The quantitative estimate of drug-likeness (QED) is 0.622. The second-order valence-electron chi connectivity index (χ2n) is 2.97. The van der Waals surface area contributed by atoms with Crippen LogP contribution in [0.25, 0.3) is 0 Å². The second kappa shape index (κ2) is 3.01. The summed E-state index contributed by atoms with van der Waals surface area (Å²) in [5.41, 5.74) is 0.734. The first-order valence-electron chi connectivity index (χ1n) is 4.08. The van der Waals surface area contributed by atoms with Gasteiger partial charge in [-0.25, -0.2) is 0 Å². The van der Waals surface area contributed by atoms with Crippen LogP contribution in [0.5, 0.6) is 0 Å². The third kappa shape index (κ3) is 1.44. The first-order chi connectivity index (χ1) is 6.27. The first kappa shape index (κ1) is 7.97. The number of Topliss-reactive ketones (excluding diaryl/α,β-unsaturated/α-hetero) is 1. The molecule has 5 heteroatoms. The fraction of sp³-hybridized carbons (Fsp3) is 0.375. The Hall–Kier alpha value is -1.65. The Kier molecular flexibility index (Phi) is 1.84. The van der Waals surface area contributed by atoms with E-state index >= 15 is 0 Å². The van der Waals surface area contributed by atoms with E-state index in [1.165, 1.54) is 0 Å². The standard InChI is InChI=1S/C8H9N3O2/c12-7-1-2-11(8(13)3-7)6-4-9-10-5-6/h4-5H,1-3H2,(H,9,10). The Morgan fingerprint density at radius 2 is 2.31 bits per heavy atom. The van der Waals surface area contributed by atoms with Crippen LogP contribution in [0.1, 0.15) is 12.8 Å². The van der Waals surface area contributed by atoms with Crippen molar-refractivity contribution in [2.24, 2.45) is 0 Å². The van der Waals surface area contributed by atoms with Gasteiger partial charge in [-0.3, -0.25) is 14.7 Å². The Morgan fingerprint density at radius 3 is 2.92 bits per heavy atom. The number of aromatic nitrogens is 2. The monoisotopic (exact) mass is 179 g/mol. The molecule has 1 aliphatic rings. The molecule has 2 heterocycles. The van der Waals surface area contributed by atoms with Crippen molar-refractivity contribution < 1.29 is 9.59 Å². The highest BCUT2D eigenvalue weighted by Crippen LogP contribution is 2.16. The van der Waals surface area contributed by atoms with E-state index in [0.717, 1.165) is 5.69 Å². The number of carbonyl (C=O) groups is 2. The molecule has 1 aliphatic heterocycles. The van der Waals surface area contributed by atoms with Gasteiger partial charge in [-0.15, -0.1) is 0 Å². The van der Waals surface area contributed by atoms with Crippen LogP contribution in [0.2, 0.25) is 0 Å². The molecule has 2 rings (SSSR count). The number of H-pyrrole nitrogens is 1. The van der Waals surface area contributed by atoms with Gasteiger partial charge in [-0.2, -0.15) is 5.10 Å². The van der Waals surface area contributed by atoms with Crippen molar-refractivity contribution in [3.63, 3.8) is 0 Å². The number of ketones is 1. The van der Waals surface area contributed by atoms with Crippen LogP contribution in [0.3, 0.4) is 0 Å². The summed E-state index contributed by atoms with van der Waals surface area (Å²) in [6, 6.07) is 0. The molecule has 13 heavy (non-hydrogen) atoms. The van der Waals surface area contributed by atoms with Crippen molar-refractivity contribution in [1.29, 1.82) is 0 Å². The highest BCUT2D eigenvalue weighted by molar-refractivity contribution is 6.08. The fourth-order valence-electron chi connectivity index (χ4n) is 1.38. The average Bonchev–Trinajstić information content (AvgIpc) is 2.56. The Balaban J connectivity index is 2.17. The number of hydrogen-bond acceptors (Lipinski definition) is 3. The highest BCUT2D eigenvalue weighted by Gasteiger charge is 2.24. The molecule has 1 N–H and O–H groups in total. The molecule has 0 aliphatic carbocycles. The van der Waals surface area contributed by atoms with E-state index < -0.39 is 0 Å². The predicted octanol–water partition coefficient (Wildman–Crippen LogP) is 0.106. The van der Waals surface area contributed by atoms with E-state index in [2.05, 4.69) is 10.2 Å². The van der Waals surface area contributed by atoms with Gasteiger partial charge in [-0.05, 0) is 0 Å². The Bertz CT molecular complexity index is 331. The van der Waals surface area contributed by atoms with E-state index in [4.69, 9.17) is 0 Å². The highest BCUT2D eigenvalue weighted by atomic mass is 16.2. The molecule has 0 aromatic carbocycles. The van der Waals surface area contributed by atoms with Gasteiger partial charge in [0.25, 0.3) is 0 Å². The van der Waals surface area contributed by atoms with Crippen LogP contribution in [0, 0.1) is 0 Å². The second-order valence-corrected chi connectivity index (χ2v) is 2.97. The fourth-order valence-corrected chi connectivity index (χ4v) is 1.38. The van der Waals surface area contributed by atoms with Gasteiger partial charge in [0, 0.05) is 19.2 Å². The van der Waals surface area contributed by atoms with Crippen molar-refractivity contribution in [3.8, 4) is 0 Å². The summed E-state index contributed by atoms with van der Waals surface area (Å²) in [5.74, 6) is -0.123. The van der Waals surface area contributed by atoms with Crippen molar-refractivity contribution in [2.75, 3.05) is 11.4 Å². The molecule has 1 amide bonds. The molecule has 0 spiro atoms. The lowest BCUT2D eigenvalue weighted by molar-refractivity contribution is -0.128. The summed E-state index contributed by atoms with van der Waals surface area (Å²) in [6.07, 6.45) is 3.68. The normalized spacial score (nSPS) is 18.0. The van der Waals surface area contributed by atoms with Crippen molar-refractivity contribution >= 4 is 17.4 Å². The molecule has 0 unspecified atom stereocenters. The van der Waals surface area contributed by atoms with E-state index in [1.54, 1.807) is 17.3 Å². The minimum atomic E-state index is -0.141. The summed E-state index contributed by atoms with van der Waals surface area (Å²) in [6.45, 7) is 0.469. The maximum atomic E-state index is 11.4. The smallest absolute Gasteiger partial charge is 0.234 e. The number of amides is 1. The number of hydrogen-bond donors (Lipinski definition) is 1. The van der Waals surface area contributed by atoms with Gasteiger partial charge in [0.05, 0.1) is 18.3 Å². The first-order valence-corrected chi connectivity index (χ1v) is 4.08. The van der Waals surface area contributed by atoms with Gasteiger partial charge >= 0.3 is 0 Å². The maximum Gasteiger partial charge on any atom is 0.234 e. The number of aromatic amines is 1. The van der Waals surface area contributed by atoms with Gasteiger partial charge in [-0.1, -0.05) is 0 Å². The third-order valence-corrected chi connectivity index (χ3v) is 2.06. The molecule has 1 aromatic heterocycles. The predicted molar refractivity (Wildman–Crippen MR) is 45.2 cm³/mol. The van der Waals surface area contributed by atoms with Crippen LogP contribution >= 0.6 is 0 Å². The van der Waals surface area contributed by atoms with Crippen molar-refractivity contribution in [2.45, 2.75) is 12.8 Å². The molecule has 0 atom stereocenters. The number of rotatable bonds is 1. The summed E-state index contributed by atoms with van der Waals surface area (Å²) in [5, 5.41) is 6.38. The van der Waals surface area contributed by atoms with Gasteiger partial charge < -0.3 is 4.90 Å². The van der Waals surface area contributed by atoms with E-state index in [0.29, 0.717) is 13.0 Å². The largest absolute Gasteiger partial charge is 0.309 e. The Morgan fingerprint density at radius 1 is 1.46 bits per heavy atom. The minimum Gasteiger partial charge on any atom is -0.309 e. The third-order valence-electron chi connectivity index (χ3n) is 2.06. The van der Waals surface area contributed by atoms with Crippen LogP contribution in [0.4, 0.5) is 5.69 Å². The lowest BCUT2D eigenvalue weighted by atomic mass is 10.1. The van der Waals surface area contributed by atoms with Gasteiger partial charge in [0.1, 0.15) is 5.78 Å². The number of nitrogens with zero attached hydrogens (tertiary/aromatic N) is 2. The molecule has 0 bridgehead atoms. The molecule has 1 fully saturated rings. The lowest BCUT2D eigenvalue weighted by Crippen LogP contribution is -2.38. The number of piperidine rings is 1. The summed E-state index contributed by atoms with van der Waals surface area (Å²) in [4.78, 5) is 23.9. The number of carbonyl (C=O) groups excluding carboxylic acids is 2. The van der Waals surface area contributed by atoms with Crippen molar-refractivity contribution in [1.82, 2.24) is 10.2 Å². The molecule has 68 valence electrons. The van der Waals surface area contributed by atoms with Gasteiger partial charge in [0.2, 0.25) is 5.91 Å². The summed E-state index contributed by atoms with van der Waals surface area (Å²) in [7, 11) is 0. The molecular formula is C8H9N3O2.